The van der Waals surface area contributed by atoms with Crippen molar-refractivity contribution >= 4 is 15.7 Å². The molecule has 1 amide bonds. The number of carbonyl (C=O) groups excluding carboxylic acids is 1. The summed E-state index contributed by atoms with van der Waals surface area (Å²) in [5.41, 5.74) is -7.81. The van der Waals surface area contributed by atoms with Gasteiger partial charge >= 0.3 is 12.4 Å². The van der Waals surface area contributed by atoms with Crippen molar-refractivity contribution in [3.8, 4) is 0 Å². The van der Waals surface area contributed by atoms with Gasteiger partial charge in [0.1, 0.15) is 22.2 Å². The molecule has 1 aliphatic carbocycles. The first-order chi connectivity index (χ1) is 23.3. The lowest BCUT2D eigenvalue weighted by Crippen LogP contribution is -2.56. The summed E-state index contributed by atoms with van der Waals surface area (Å²) >= 11 is 0. The second-order valence-corrected chi connectivity index (χ2v) is 13.7. The molecule has 270 valence electrons. The smallest absolute Gasteiger partial charge is 0.394 e. The van der Waals surface area contributed by atoms with Crippen LogP contribution in [0.1, 0.15) is 42.9 Å². The normalized spacial score (nSPS) is 19.2. The van der Waals surface area contributed by atoms with Crippen molar-refractivity contribution in [3.63, 3.8) is 0 Å². The predicted octanol–water partition coefficient (Wildman–Crippen LogP) is 7.66. The maximum absolute atomic E-state index is 14.5. The number of ether oxygens (including phenoxy) is 1. The van der Waals surface area contributed by atoms with Crippen molar-refractivity contribution < 1.29 is 57.5 Å². The highest BCUT2D eigenvalue weighted by Crippen LogP contribution is 2.55. The number of carbonyl (C=O) groups is 1. The molecule has 3 aromatic rings. The summed E-state index contributed by atoms with van der Waals surface area (Å²) in [6.07, 6.45) is -8.56. The Balaban J connectivity index is 1.82. The molecule has 6 nitrogen and oxygen atoms in total. The molecule has 0 spiro atoms. The van der Waals surface area contributed by atoms with E-state index in [1.165, 1.54) is 18.4 Å². The molecule has 1 aliphatic rings. The average molecular weight is 735 g/mol. The number of nitrogens with one attached hydrogen (secondary N) is 2. The van der Waals surface area contributed by atoms with Crippen LogP contribution in [-0.4, -0.2) is 39.8 Å². The molecule has 16 heteroatoms. The molecule has 2 unspecified atom stereocenters. The van der Waals surface area contributed by atoms with Gasteiger partial charge in [0.25, 0.3) is 11.5 Å². The predicted molar refractivity (Wildman–Crippen MR) is 164 cm³/mol. The molecule has 0 saturated heterocycles. The van der Waals surface area contributed by atoms with Gasteiger partial charge < -0.3 is 15.4 Å². The minimum atomic E-state index is -6.22. The molecule has 2 atom stereocenters. The number of allylic oxidation sites excluding steroid dienone is 1. The lowest BCUT2D eigenvalue weighted by molar-refractivity contribution is -0.392. The van der Waals surface area contributed by atoms with Gasteiger partial charge in [-0.05, 0) is 80.4 Å². The van der Waals surface area contributed by atoms with Gasteiger partial charge in [0.15, 0.2) is 9.84 Å². The highest BCUT2D eigenvalue weighted by atomic mass is 32.2. The van der Waals surface area contributed by atoms with Crippen molar-refractivity contribution in [1.82, 2.24) is 10.6 Å². The zero-order valence-corrected chi connectivity index (χ0v) is 27.2. The van der Waals surface area contributed by atoms with Crippen LogP contribution in [0.5, 0.6) is 0 Å². The maximum Gasteiger partial charge on any atom is 0.430 e. The number of hydrogen-bond donors (Lipinski definition) is 2. The summed E-state index contributed by atoms with van der Waals surface area (Å²) in [6, 6.07) is 7.34. The van der Waals surface area contributed by atoms with Crippen LogP contribution in [0.25, 0.3) is 0 Å². The van der Waals surface area contributed by atoms with E-state index in [0.29, 0.717) is 24.3 Å². The summed E-state index contributed by atoms with van der Waals surface area (Å²) in [7, 11) is -2.96. The highest BCUT2D eigenvalue weighted by molar-refractivity contribution is 7.92. The second-order valence-electron chi connectivity index (χ2n) is 11.5. The number of alkyl halides is 6. The lowest BCUT2D eigenvalue weighted by atomic mass is 9.88. The zero-order chi connectivity index (χ0) is 37.1. The third kappa shape index (κ3) is 7.13. The number of benzene rings is 3. The first-order valence-electron chi connectivity index (χ1n) is 15.0. The van der Waals surface area contributed by atoms with E-state index < -0.39 is 79.7 Å². The largest absolute Gasteiger partial charge is 0.430 e. The third-order valence-corrected chi connectivity index (χ3v) is 11.1. The first kappa shape index (κ1) is 38.5. The Morgan fingerprint density at radius 1 is 0.920 bits per heavy atom. The van der Waals surface area contributed by atoms with Gasteiger partial charge in [0.05, 0.1) is 11.5 Å². The molecule has 1 saturated carbocycles. The van der Waals surface area contributed by atoms with Crippen molar-refractivity contribution in [2.24, 2.45) is 0 Å². The van der Waals surface area contributed by atoms with Gasteiger partial charge in [-0.3, -0.25) is 4.79 Å². The molecule has 0 bridgehead atoms. The number of halogens is 9. The fraction of sp³-hybridized carbons (Fsp3) is 0.324. The van der Waals surface area contributed by atoms with E-state index in [2.05, 4.69) is 15.4 Å². The van der Waals surface area contributed by atoms with Gasteiger partial charge in [-0.1, -0.05) is 36.4 Å². The number of amides is 1. The fourth-order valence-corrected chi connectivity index (χ4v) is 8.17. The van der Waals surface area contributed by atoms with E-state index >= 15 is 0 Å². The monoisotopic (exact) mass is 734 g/mol. The Morgan fingerprint density at radius 3 is 2.02 bits per heavy atom. The van der Waals surface area contributed by atoms with Gasteiger partial charge in [-0.25, -0.2) is 21.6 Å². The summed E-state index contributed by atoms with van der Waals surface area (Å²) in [5.74, 6) is -4.21. The van der Waals surface area contributed by atoms with E-state index in [9.17, 15) is 52.7 Å². The van der Waals surface area contributed by atoms with Gasteiger partial charge in [0.2, 0.25) is 0 Å². The summed E-state index contributed by atoms with van der Waals surface area (Å²) < 4.78 is 160. The van der Waals surface area contributed by atoms with Crippen LogP contribution in [0.4, 0.5) is 39.5 Å². The van der Waals surface area contributed by atoms with Gasteiger partial charge in [-0.15, -0.1) is 0 Å². The van der Waals surface area contributed by atoms with Crippen LogP contribution in [0.2, 0.25) is 0 Å². The molecule has 0 radical (unpaired) electrons. The summed E-state index contributed by atoms with van der Waals surface area (Å²) in [5, 5.41) is 5.45. The van der Waals surface area contributed by atoms with Crippen molar-refractivity contribution in [1.29, 1.82) is 0 Å². The molecule has 2 N–H and O–H groups in total. The van der Waals surface area contributed by atoms with E-state index in [-0.39, 0.29) is 35.3 Å². The van der Waals surface area contributed by atoms with Crippen molar-refractivity contribution in [2.45, 2.75) is 66.4 Å². The molecule has 0 aliphatic heterocycles. The lowest BCUT2D eigenvalue weighted by Gasteiger charge is -2.38. The van der Waals surface area contributed by atoms with Gasteiger partial charge in [0, 0.05) is 29.8 Å². The molecular weight excluding hydrogens is 703 g/mol. The molecule has 0 heterocycles. The molecule has 0 aromatic heterocycles. The fourth-order valence-electron chi connectivity index (χ4n) is 5.97. The van der Waals surface area contributed by atoms with Crippen LogP contribution < -0.4 is 10.6 Å². The second kappa shape index (κ2) is 14.5. The minimum absolute atomic E-state index is 0.0347. The standard InChI is InChI=1S/C34H31F9N2O4S/c1-3-21(16-18-44-2)30(46)45-25-15-17-31(19-25,50(47,48)26-13-11-24(35)12-14-26)22-7-9-23(10-8-22)32(33(38,39)40,34(41,42)43)49-20-27-28(36)5-4-6-29(27)37/h3-14,16,18,25,44H,15,17,19-20H2,1-2H3,(H,45,46)/b18-16-,21-3+. The zero-order valence-electron chi connectivity index (χ0n) is 26.4. The maximum atomic E-state index is 14.5. The van der Waals surface area contributed by atoms with Crippen molar-refractivity contribution in [3.05, 3.63) is 125 Å². The Kier molecular flexibility index (Phi) is 11.2. The highest BCUT2D eigenvalue weighted by Gasteiger charge is 2.73. The van der Waals surface area contributed by atoms with Crippen LogP contribution in [0, 0.1) is 17.5 Å². The molecule has 4 rings (SSSR count). The van der Waals surface area contributed by atoms with Crippen LogP contribution in [0.15, 0.2) is 95.6 Å². The Hall–Kier alpha value is -4.31. The van der Waals surface area contributed by atoms with Crippen LogP contribution in [-0.2, 0) is 36.3 Å². The van der Waals surface area contributed by atoms with E-state index in [1.54, 1.807) is 14.0 Å². The molecular formula is C34H31F9N2O4S. The number of rotatable bonds is 11. The van der Waals surface area contributed by atoms with E-state index in [0.717, 1.165) is 42.5 Å². The van der Waals surface area contributed by atoms with Crippen molar-refractivity contribution in [2.75, 3.05) is 7.05 Å². The molecule has 1 fully saturated rings. The average Bonchev–Trinajstić information content (AvgIpc) is 3.47. The quantitative estimate of drug-likeness (QED) is 0.0916. The molecule has 3 aromatic carbocycles. The van der Waals surface area contributed by atoms with E-state index in [4.69, 9.17) is 0 Å². The Labute approximate surface area is 281 Å². The van der Waals surface area contributed by atoms with Gasteiger partial charge in [-0.2, -0.15) is 26.3 Å². The minimum Gasteiger partial charge on any atom is -0.394 e. The number of hydrogen-bond acceptors (Lipinski definition) is 5. The Morgan fingerprint density at radius 2 is 1.50 bits per heavy atom. The summed E-state index contributed by atoms with van der Waals surface area (Å²) in [4.78, 5) is 12.6. The van der Waals surface area contributed by atoms with E-state index in [1.807, 2.05) is 0 Å². The third-order valence-electron chi connectivity index (χ3n) is 8.56. The Bertz CT molecular complexity index is 1820. The molecule has 50 heavy (non-hydrogen) atoms. The van der Waals surface area contributed by atoms with Crippen LogP contribution >= 0.6 is 0 Å². The van der Waals surface area contributed by atoms with Crippen LogP contribution in [0.3, 0.4) is 0 Å². The SMILES string of the molecule is C/C=C(\C=C/NC)C(=O)NC1CCC(c2ccc(C(OCc3c(F)cccc3F)(C(F)(F)F)C(F)(F)F)cc2)(S(=O)(=O)c2ccc(F)cc2)C1. The first-order valence-corrected chi connectivity index (χ1v) is 16.5. The number of sulfone groups is 1. The topological polar surface area (TPSA) is 84.5 Å². The summed E-state index contributed by atoms with van der Waals surface area (Å²) in [6.45, 7) is -0.172.